The zero-order chi connectivity index (χ0) is 10.3. The van der Waals surface area contributed by atoms with Gasteiger partial charge >= 0.3 is 0 Å². The topological polar surface area (TPSA) is 54.7 Å². The summed E-state index contributed by atoms with van der Waals surface area (Å²) < 4.78 is 0. The Bertz CT molecular complexity index is 322. The van der Waals surface area contributed by atoms with Crippen LogP contribution in [-0.4, -0.2) is 10.2 Å². The summed E-state index contributed by atoms with van der Waals surface area (Å²) in [6.07, 6.45) is 8.44. The van der Waals surface area contributed by atoms with Gasteiger partial charge in [-0.25, -0.2) is 0 Å². The highest BCUT2D eigenvalue weighted by molar-refractivity contribution is 5.31. The number of anilines is 1. The molecule has 0 spiro atoms. The molecule has 3 nitrogen and oxygen atoms in total. The Kier molecular flexibility index (Phi) is 2.19. The first-order valence-corrected chi connectivity index (χ1v) is 6.15. The van der Waals surface area contributed by atoms with Gasteiger partial charge < -0.3 is 5.73 Å². The Morgan fingerprint density at radius 3 is 2.13 bits per heavy atom. The number of H-pyrrole nitrogens is 1. The number of hydrogen-bond acceptors (Lipinski definition) is 2. The third kappa shape index (κ3) is 1.54. The van der Waals surface area contributed by atoms with Crippen LogP contribution in [0.3, 0.4) is 0 Å². The largest absolute Gasteiger partial charge is 0.382 e. The molecule has 0 aromatic carbocycles. The average molecular weight is 205 g/mol. The van der Waals surface area contributed by atoms with E-state index in [-0.39, 0.29) is 0 Å². The second-order valence-electron chi connectivity index (χ2n) is 5.16. The van der Waals surface area contributed by atoms with Crippen molar-refractivity contribution in [2.45, 2.75) is 44.4 Å². The van der Waals surface area contributed by atoms with Crippen LogP contribution in [-0.2, 0) is 0 Å². The summed E-state index contributed by atoms with van der Waals surface area (Å²) in [7, 11) is 0. The molecular weight excluding hydrogens is 186 g/mol. The highest BCUT2D eigenvalue weighted by atomic mass is 15.2. The van der Waals surface area contributed by atoms with Crippen molar-refractivity contribution in [2.75, 3.05) is 5.73 Å². The SMILES string of the molecule is Nc1cc(C(C2CCC2)C2CCC2)[nH]n1. The van der Waals surface area contributed by atoms with Crippen LogP contribution in [0.5, 0.6) is 0 Å². The van der Waals surface area contributed by atoms with E-state index in [1.54, 1.807) is 0 Å². The van der Waals surface area contributed by atoms with Crippen LogP contribution < -0.4 is 5.73 Å². The number of aromatic amines is 1. The zero-order valence-electron chi connectivity index (χ0n) is 9.08. The lowest BCUT2D eigenvalue weighted by Crippen LogP contribution is -2.30. The Morgan fingerprint density at radius 2 is 1.80 bits per heavy atom. The molecule has 0 aliphatic heterocycles. The van der Waals surface area contributed by atoms with E-state index in [2.05, 4.69) is 10.2 Å². The second-order valence-corrected chi connectivity index (χ2v) is 5.16. The van der Waals surface area contributed by atoms with E-state index in [1.165, 1.54) is 44.2 Å². The molecule has 0 bridgehead atoms. The average Bonchev–Trinajstić information content (AvgIpc) is 2.44. The Hall–Kier alpha value is -0.990. The lowest BCUT2D eigenvalue weighted by molar-refractivity contribution is 0.146. The van der Waals surface area contributed by atoms with Crippen LogP contribution in [0.4, 0.5) is 5.82 Å². The summed E-state index contributed by atoms with van der Waals surface area (Å²) in [5, 5.41) is 7.20. The molecule has 0 amide bonds. The predicted octanol–water partition coefficient (Wildman–Crippen LogP) is 2.68. The lowest BCUT2D eigenvalue weighted by Gasteiger charge is -2.42. The van der Waals surface area contributed by atoms with Gasteiger partial charge in [0.05, 0.1) is 0 Å². The second kappa shape index (κ2) is 3.54. The van der Waals surface area contributed by atoms with Crippen LogP contribution in [0, 0.1) is 11.8 Å². The van der Waals surface area contributed by atoms with Crippen molar-refractivity contribution >= 4 is 5.82 Å². The number of nitrogen functional groups attached to an aromatic ring is 1. The smallest absolute Gasteiger partial charge is 0.145 e. The van der Waals surface area contributed by atoms with Gasteiger partial charge in [-0.2, -0.15) is 5.10 Å². The van der Waals surface area contributed by atoms with E-state index in [9.17, 15) is 0 Å². The molecule has 0 atom stereocenters. The maximum atomic E-state index is 5.69. The van der Waals surface area contributed by atoms with Crippen molar-refractivity contribution in [3.05, 3.63) is 11.8 Å². The van der Waals surface area contributed by atoms with Crippen LogP contribution in [0.2, 0.25) is 0 Å². The summed E-state index contributed by atoms with van der Waals surface area (Å²) in [6, 6.07) is 2.04. The molecule has 1 heterocycles. The molecule has 15 heavy (non-hydrogen) atoms. The highest BCUT2D eigenvalue weighted by Crippen LogP contribution is 2.49. The molecule has 82 valence electrons. The van der Waals surface area contributed by atoms with Gasteiger partial charge in [0.25, 0.3) is 0 Å². The zero-order valence-corrected chi connectivity index (χ0v) is 9.08. The fraction of sp³-hybridized carbons (Fsp3) is 0.750. The molecule has 1 aromatic rings. The van der Waals surface area contributed by atoms with E-state index in [0.717, 1.165) is 17.8 Å². The van der Waals surface area contributed by atoms with E-state index < -0.39 is 0 Å². The first-order chi connectivity index (χ1) is 7.34. The molecule has 2 aliphatic carbocycles. The van der Waals surface area contributed by atoms with Gasteiger partial charge in [-0.15, -0.1) is 0 Å². The van der Waals surface area contributed by atoms with Gasteiger partial charge in [-0.05, 0) is 37.5 Å². The lowest BCUT2D eigenvalue weighted by atomic mass is 9.63. The molecular formula is C12H19N3. The van der Waals surface area contributed by atoms with Crippen LogP contribution in [0.15, 0.2) is 6.07 Å². The molecule has 1 aromatic heterocycles. The fourth-order valence-electron chi connectivity index (χ4n) is 3.01. The predicted molar refractivity (Wildman–Crippen MR) is 60.4 cm³/mol. The molecule has 3 N–H and O–H groups in total. The van der Waals surface area contributed by atoms with Gasteiger partial charge in [0.15, 0.2) is 0 Å². The van der Waals surface area contributed by atoms with Crippen LogP contribution in [0.25, 0.3) is 0 Å². The van der Waals surface area contributed by atoms with Gasteiger partial charge in [-0.1, -0.05) is 12.8 Å². The van der Waals surface area contributed by atoms with Gasteiger partial charge in [0.1, 0.15) is 5.82 Å². The normalized spacial score (nSPS) is 22.7. The van der Waals surface area contributed by atoms with Crippen molar-refractivity contribution in [3.8, 4) is 0 Å². The molecule has 2 saturated carbocycles. The number of rotatable bonds is 3. The standard InChI is InChI=1S/C12H19N3/c13-11-7-10(14-15-11)12(8-3-1-4-8)9-5-2-6-9/h7-9,12H,1-6H2,(H3,13,14,15). The Morgan fingerprint density at radius 1 is 1.20 bits per heavy atom. The quantitative estimate of drug-likeness (QED) is 0.797. The van der Waals surface area contributed by atoms with Gasteiger partial charge in [-0.3, -0.25) is 5.10 Å². The minimum atomic E-state index is 0.647. The number of nitrogens with one attached hydrogen (secondary N) is 1. The highest BCUT2D eigenvalue weighted by Gasteiger charge is 2.37. The minimum absolute atomic E-state index is 0.647. The summed E-state index contributed by atoms with van der Waals surface area (Å²) in [4.78, 5) is 0. The fourth-order valence-corrected chi connectivity index (χ4v) is 3.01. The number of aromatic nitrogens is 2. The van der Waals surface area contributed by atoms with E-state index in [4.69, 9.17) is 5.73 Å². The molecule has 0 saturated heterocycles. The molecule has 2 aliphatic rings. The maximum Gasteiger partial charge on any atom is 0.145 e. The van der Waals surface area contributed by atoms with Gasteiger partial charge in [0.2, 0.25) is 0 Å². The maximum absolute atomic E-state index is 5.69. The van der Waals surface area contributed by atoms with Crippen LogP contribution in [0.1, 0.15) is 50.1 Å². The van der Waals surface area contributed by atoms with E-state index >= 15 is 0 Å². The molecule has 0 unspecified atom stereocenters. The van der Waals surface area contributed by atoms with Gasteiger partial charge in [0, 0.05) is 17.7 Å². The number of nitrogens with two attached hydrogens (primary N) is 1. The third-order valence-electron chi connectivity index (χ3n) is 4.29. The Balaban J connectivity index is 1.81. The first-order valence-electron chi connectivity index (χ1n) is 6.15. The van der Waals surface area contributed by atoms with E-state index in [1.807, 2.05) is 6.07 Å². The molecule has 2 fully saturated rings. The van der Waals surface area contributed by atoms with E-state index in [0.29, 0.717) is 5.82 Å². The van der Waals surface area contributed by atoms with Crippen LogP contribution >= 0.6 is 0 Å². The number of hydrogen-bond donors (Lipinski definition) is 2. The van der Waals surface area contributed by atoms with Crippen molar-refractivity contribution < 1.29 is 0 Å². The number of nitrogens with zero attached hydrogens (tertiary/aromatic N) is 1. The minimum Gasteiger partial charge on any atom is -0.382 e. The monoisotopic (exact) mass is 205 g/mol. The summed E-state index contributed by atoms with van der Waals surface area (Å²) >= 11 is 0. The molecule has 0 radical (unpaired) electrons. The van der Waals surface area contributed by atoms with Crippen molar-refractivity contribution in [1.82, 2.24) is 10.2 Å². The van der Waals surface area contributed by atoms with Crippen molar-refractivity contribution in [2.24, 2.45) is 11.8 Å². The summed E-state index contributed by atoms with van der Waals surface area (Å²) in [5.41, 5.74) is 6.99. The summed E-state index contributed by atoms with van der Waals surface area (Å²) in [6.45, 7) is 0. The van der Waals surface area contributed by atoms with Crippen molar-refractivity contribution in [3.63, 3.8) is 0 Å². The Labute approximate surface area is 90.4 Å². The first kappa shape index (κ1) is 9.25. The third-order valence-corrected chi connectivity index (χ3v) is 4.29. The van der Waals surface area contributed by atoms with Crippen molar-refractivity contribution in [1.29, 1.82) is 0 Å². The summed E-state index contributed by atoms with van der Waals surface area (Å²) in [5.74, 6) is 3.16. The molecule has 3 heteroatoms. The molecule has 3 rings (SSSR count).